The predicted molar refractivity (Wildman–Crippen MR) is 83.4 cm³/mol. The van der Waals surface area contributed by atoms with Crippen LogP contribution in [0, 0.1) is 6.92 Å². The normalized spacial score (nSPS) is 21.6. The van der Waals surface area contributed by atoms with E-state index in [-0.39, 0.29) is 24.6 Å². The number of likely N-dealkylation sites (tertiary alicyclic amines) is 1. The SMILES string of the molecule is Cc1cc(Br)ccc1SCC(=O)N1CC(O)C[C@H]1C(=O)O. The Bertz CT molecular complexity index is 566. The first-order valence-electron chi connectivity index (χ1n) is 6.47. The summed E-state index contributed by atoms with van der Waals surface area (Å²) in [5, 5.41) is 18.7. The molecule has 2 rings (SSSR count). The van der Waals surface area contributed by atoms with Crippen LogP contribution in [0.4, 0.5) is 0 Å². The van der Waals surface area contributed by atoms with E-state index in [9.17, 15) is 14.7 Å². The third kappa shape index (κ3) is 3.99. The molecule has 114 valence electrons. The second-order valence-electron chi connectivity index (χ2n) is 4.99. The van der Waals surface area contributed by atoms with Gasteiger partial charge in [-0.3, -0.25) is 4.79 Å². The van der Waals surface area contributed by atoms with Gasteiger partial charge in [0.25, 0.3) is 0 Å². The van der Waals surface area contributed by atoms with E-state index in [1.54, 1.807) is 0 Å². The number of carboxylic acid groups (broad SMARTS) is 1. The molecule has 0 bridgehead atoms. The fraction of sp³-hybridized carbons (Fsp3) is 0.429. The van der Waals surface area contributed by atoms with Crippen LogP contribution in [0.1, 0.15) is 12.0 Å². The van der Waals surface area contributed by atoms with Crippen molar-refractivity contribution < 1.29 is 19.8 Å². The van der Waals surface area contributed by atoms with E-state index in [2.05, 4.69) is 15.9 Å². The minimum Gasteiger partial charge on any atom is -0.480 e. The maximum atomic E-state index is 12.2. The Kier molecular flexibility index (Phi) is 5.29. The zero-order valence-electron chi connectivity index (χ0n) is 11.5. The first-order chi connectivity index (χ1) is 9.88. The Labute approximate surface area is 135 Å². The van der Waals surface area contributed by atoms with Crippen molar-refractivity contribution in [3.63, 3.8) is 0 Å². The smallest absolute Gasteiger partial charge is 0.326 e. The monoisotopic (exact) mass is 373 g/mol. The summed E-state index contributed by atoms with van der Waals surface area (Å²) < 4.78 is 0.976. The average Bonchev–Trinajstić information content (AvgIpc) is 2.80. The van der Waals surface area contributed by atoms with Crippen LogP contribution in [-0.4, -0.2) is 51.4 Å². The molecular formula is C14H16BrNO4S. The Morgan fingerprint density at radius 2 is 2.19 bits per heavy atom. The summed E-state index contributed by atoms with van der Waals surface area (Å²) in [6, 6.07) is 4.87. The maximum Gasteiger partial charge on any atom is 0.326 e. The number of carboxylic acids is 1. The van der Waals surface area contributed by atoms with Crippen LogP contribution in [0.15, 0.2) is 27.6 Å². The van der Waals surface area contributed by atoms with Gasteiger partial charge in [0.1, 0.15) is 6.04 Å². The summed E-state index contributed by atoms with van der Waals surface area (Å²) in [4.78, 5) is 25.5. The molecule has 2 N–H and O–H groups in total. The number of amides is 1. The zero-order valence-corrected chi connectivity index (χ0v) is 13.9. The van der Waals surface area contributed by atoms with Crippen molar-refractivity contribution in [3.8, 4) is 0 Å². The second kappa shape index (κ2) is 6.81. The number of benzene rings is 1. The highest BCUT2D eigenvalue weighted by atomic mass is 79.9. The lowest BCUT2D eigenvalue weighted by molar-refractivity contribution is -0.147. The van der Waals surface area contributed by atoms with Gasteiger partial charge in [-0.25, -0.2) is 4.79 Å². The molecule has 0 spiro atoms. The van der Waals surface area contributed by atoms with Crippen molar-refractivity contribution >= 4 is 39.6 Å². The topological polar surface area (TPSA) is 77.8 Å². The molecule has 2 atom stereocenters. The molecule has 21 heavy (non-hydrogen) atoms. The van der Waals surface area contributed by atoms with Crippen molar-refractivity contribution in [2.24, 2.45) is 0 Å². The average molecular weight is 374 g/mol. The number of hydrogen-bond donors (Lipinski definition) is 2. The van der Waals surface area contributed by atoms with E-state index in [4.69, 9.17) is 5.11 Å². The Balaban J connectivity index is 1.99. The second-order valence-corrected chi connectivity index (χ2v) is 6.92. The van der Waals surface area contributed by atoms with E-state index in [0.29, 0.717) is 0 Å². The molecule has 1 fully saturated rings. The van der Waals surface area contributed by atoms with Gasteiger partial charge in [-0.05, 0) is 30.7 Å². The number of hydrogen-bond acceptors (Lipinski definition) is 4. The van der Waals surface area contributed by atoms with Gasteiger partial charge < -0.3 is 15.1 Å². The molecule has 1 amide bonds. The van der Waals surface area contributed by atoms with E-state index >= 15 is 0 Å². The molecule has 0 radical (unpaired) electrons. The summed E-state index contributed by atoms with van der Waals surface area (Å²) in [7, 11) is 0. The molecule has 1 aliphatic heterocycles. The number of aliphatic hydroxyl groups is 1. The van der Waals surface area contributed by atoms with Gasteiger partial charge in [0.05, 0.1) is 11.9 Å². The first-order valence-corrected chi connectivity index (χ1v) is 8.25. The van der Waals surface area contributed by atoms with Crippen molar-refractivity contribution in [1.29, 1.82) is 0 Å². The fourth-order valence-corrected chi connectivity index (χ4v) is 3.69. The molecule has 1 saturated heterocycles. The first kappa shape index (κ1) is 16.3. The molecule has 0 saturated carbocycles. The highest BCUT2D eigenvalue weighted by molar-refractivity contribution is 9.10. The van der Waals surface area contributed by atoms with Gasteiger partial charge in [-0.2, -0.15) is 0 Å². The highest BCUT2D eigenvalue weighted by Crippen LogP contribution is 2.27. The minimum absolute atomic E-state index is 0.0929. The van der Waals surface area contributed by atoms with E-state index < -0.39 is 18.1 Å². The van der Waals surface area contributed by atoms with Gasteiger partial charge in [0.2, 0.25) is 5.91 Å². The number of aliphatic hydroxyl groups excluding tert-OH is 1. The van der Waals surface area contributed by atoms with E-state index in [0.717, 1.165) is 14.9 Å². The van der Waals surface area contributed by atoms with Crippen LogP contribution < -0.4 is 0 Å². The molecule has 0 aliphatic carbocycles. The van der Waals surface area contributed by atoms with Crippen LogP contribution in [0.5, 0.6) is 0 Å². The Morgan fingerprint density at radius 3 is 2.81 bits per heavy atom. The third-order valence-corrected chi connectivity index (χ3v) is 5.03. The van der Waals surface area contributed by atoms with Crippen molar-refractivity contribution in [2.45, 2.75) is 30.4 Å². The lowest BCUT2D eigenvalue weighted by Crippen LogP contribution is -2.41. The minimum atomic E-state index is -1.07. The quantitative estimate of drug-likeness (QED) is 0.788. The Hall–Kier alpha value is -1.05. The number of β-amino-alcohol motifs (C(OH)–C–C–N with tert-alkyl or cyclic N) is 1. The van der Waals surface area contributed by atoms with Crippen LogP contribution in [0.3, 0.4) is 0 Å². The van der Waals surface area contributed by atoms with Crippen LogP contribution in [0.25, 0.3) is 0 Å². The number of aliphatic carboxylic acids is 1. The molecule has 1 heterocycles. The van der Waals surface area contributed by atoms with E-state index in [1.807, 2.05) is 25.1 Å². The zero-order chi connectivity index (χ0) is 15.6. The maximum absolute atomic E-state index is 12.2. The number of carbonyl (C=O) groups excluding carboxylic acids is 1. The summed E-state index contributed by atoms with van der Waals surface area (Å²) >= 11 is 4.76. The molecule has 7 heteroatoms. The molecule has 5 nitrogen and oxygen atoms in total. The van der Waals surface area contributed by atoms with E-state index in [1.165, 1.54) is 16.7 Å². The largest absolute Gasteiger partial charge is 0.480 e. The predicted octanol–water partition coefficient (Wildman–Crippen LogP) is 1.90. The van der Waals surface area contributed by atoms with Gasteiger partial charge in [0.15, 0.2) is 0 Å². The van der Waals surface area contributed by atoms with Gasteiger partial charge in [0, 0.05) is 22.3 Å². The molecule has 1 unspecified atom stereocenters. The molecule has 0 aromatic heterocycles. The lowest BCUT2D eigenvalue weighted by Gasteiger charge is -2.21. The van der Waals surface area contributed by atoms with Crippen LogP contribution in [0.2, 0.25) is 0 Å². The number of nitrogens with zero attached hydrogens (tertiary/aromatic N) is 1. The van der Waals surface area contributed by atoms with Crippen molar-refractivity contribution in [2.75, 3.05) is 12.3 Å². The van der Waals surface area contributed by atoms with Gasteiger partial charge in [-0.15, -0.1) is 11.8 Å². The van der Waals surface area contributed by atoms with Crippen LogP contribution in [-0.2, 0) is 9.59 Å². The molecule has 1 aromatic carbocycles. The number of halogens is 1. The van der Waals surface area contributed by atoms with Crippen molar-refractivity contribution in [1.82, 2.24) is 4.90 Å². The van der Waals surface area contributed by atoms with Crippen molar-refractivity contribution in [3.05, 3.63) is 28.2 Å². The number of thioether (sulfide) groups is 1. The summed E-state index contributed by atoms with van der Waals surface area (Å²) in [5.74, 6) is -1.16. The third-order valence-electron chi connectivity index (χ3n) is 3.37. The molecule has 1 aliphatic rings. The number of carbonyl (C=O) groups is 2. The van der Waals surface area contributed by atoms with Gasteiger partial charge in [-0.1, -0.05) is 15.9 Å². The standard InChI is InChI=1S/C14H16BrNO4S/c1-8-4-9(15)2-3-12(8)21-7-13(18)16-6-10(17)5-11(16)14(19)20/h2-4,10-11,17H,5-7H2,1H3,(H,19,20)/t10?,11-/m0/s1. The summed E-state index contributed by atoms with van der Waals surface area (Å²) in [6.07, 6.45) is -0.655. The van der Waals surface area contributed by atoms with Crippen LogP contribution >= 0.6 is 27.7 Å². The number of aryl methyl sites for hydroxylation is 1. The highest BCUT2D eigenvalue weighted by Gasteiger charge is 2.38. The molecular weight excluding hydrogens is 358 g/mol. The molecule has 1 aromatic rings. The fourth-order valence-electron chi connectivity index (χ4n) is 2.32. The summed E-state index contributed by atoms with van der Waals surface area (Å²) in [5.41, 5.74) is 1.05. The summed E-state index contributed by atoms with van der Waals surface area (Å²) in [6.45, 7) is 2.05. The van der Waals surface area contributed by atoms with Gasteiger partial charge >= 0.3 is 5.97 Å². The Morgan fingerprint density at radius 1 is 1.48 bits per heavy atom. The number of rotatable bonds is 4. The lowest BCUT2D eigenvalue weighted by atomic mass is 10.2.